The summed E-state index contributed by atoms with van der Waals surface area (Å²) in [5, 5.41) is 2.00. The first-order chi connectivity index (χ1) is 15.1. The highest BCUT2D eigenvalue weighted by Crippen LogP contribution is 2.48. The molecule has 10 heteroatoms. The molecule has 0 fully saturated rings. The molecule has 0 N–H and O–H groups in total. The Morgan fingerprint density at radius 3 is 2.25 bits per heavy atom. The summed E-state index contributed by atoms with van der Waals surface area (Å²) in [7, 11) is 0. The number of halogens is 6. The van der Waals surface area contributed by atoms with Gasteiger partial charge in [-0.1, -0.05) is 12.1 Å². The van der Waals surface area contributed by atoms with E-state index in [2.05, 4.69) is 9.72 Å². The molecule has 3 nitrogen and oxygen atoms in total. The average Bonchev–Trinajstić information content (AvgIpc) is 3.23. The van der Waals surface area contributed by atoms with Gasteiger partial charge in [0.1, 0.15) is 0 Å². The van der Waals surface area contributed by atoms with Gasteiger partial charge in [0.25, 0.3) is 5.60 Å². The molecule has 0 aliphatic carbocycles. The van der Waals surface area contributed by atoms with Gasteiger partial charge in [-0.3, -0.25) is 9.88 Å². The van der Waals surface area contributed by atoms with Gasteiger partial charge < -0.3 is 4.74 Å². The van der Waals surface area contributed by atoms with E-state index in [1.165, 1.54) is 4.88 Å². The van der Waals surface area contributed by atoms with Gasteiger partial charge in [0.15, 0.2) is 0 Å². The van der Waals surface area contributed by atoms with E-state index >= 15 is 0 Å². The van der Waals surface area contributed by atoms with E-state index < -0.39 is 31.0 Å². The summed E-state index contributed by atoms with van der Waals surface area (Å²) in [6, 6.07) is 7.60. The number of hydrogen-bond acceptors (Lipinski definition) is 4. The van der Waals surface area contributed by atoms with Crippen molar-refractivity contribution in [3.8, 4) is 0 Å². The molecule has 0 aliphatic rings. The molecular formula is C22H28F6N2OS. The van der Waals surface area contributed by atoms with Crippen molar-refractivity contribution >= 4 is 11.3 Å². The first-order valence-electron chi connectivity index (χ1n) is 10.5. The summed E-state index contributed by atoms with van der Waals surface area (Å²) in [6.07, 6.45) is -6.74. The zero-order valence-electron chi connectivity index (χ0n) is 17.9. The van der Waals surface area contributed by atoms with Crippen molar-refractivity contribution in [1.82, 2.24) is 9.88 Å². The van der Waals surface area contributed by atoms with Crippen LogP contribution in [0.1, 0.15) is 43.0 Å². The van der Waals surface area contributed by atoms with Gasteiger partial charge in [0, 0.05) is 30.4 Å². The van der Waals surface area contributed by atoms with Crippen LogP contribution in [0.4, 0.5) is 26.3 Å². The molecule has 0 aliphatic heterocycles. The average molecular weight is 483 g/mol. The number of nitrogens with zero attached hydrogens (tertiary/aromatic N) is 2. The number of aryl methyl sites for hydroxylation is 1. The molecular weight excluding hydrogens is 454 g/mol. The molecule has 2 aromatic rings. The lowest BCUT2D eigenvalue weighted by Crippen LogP contribution is -2.59. The second-order valence-electron chi connectivity index (χ2n) is 7.53. The largest absolute Gasteiger partial charge is 0.426 e. The topological polar surface area (TPSA) is 25.4 Å². The van der Waals surface area contributed by atoms with Crippen LogP contribution in [0.5, 0.6) is 0 Å². The van der Waals surface area contributed by atoms with Crippen molar-refractivity contribution in [2.24, 2.45) is 0 Å². The predicted molar refractivity (Wildman–Crippen MR) is 112 cm³/mol. The fraction of sp³-hybridized carbons (Fsp3) is 0.591. The van der Waals surface area contributed by atoms with E-state index in [-0.39, 0.29) is 13.0 Å². The zero-order chi connectivity index (χ0) is 23.7. The number of ether oxygens (including phenoxy) is 1. The Labute approximate surface area is 188 Å². The van der Waals surface area contributed by atoms with Gasteiger partial charge in [0.2, 0.25) is 0 Å². The normalized spacial score (nSPS) is 13.1. The molecule has 180 valence electrons. The third-order valence-corrected chi connectivity index (χ3v) is 6.10. The predicted octanol–water partition coefficient (Wildman–Crippen LogP) is 6.65. The quantitative estimate of drug-likeness (QED) is 0.236. The first kappa shape index (κ1) is 26.6. The molecule has 2 aromatic heterocycles. The molecule has 0 unspecified atom stereocenters. The Balaban J connectivity index is 2.01. The summed E-state index contributed by atoms with van der Waals surface area (Å²) in [5.41, 5.74) is -3.29. The lowest BCUT2D eigenvalue weighted by atomic mass is 9.95. The summed E-state index contributed by atoms with van der Waals surface area (Å²) in [4.78, 5) is 7.17. The maximum absolute atomic E-state index is 13.4. The molecule has 0 saturated carbocycles. The van der Waals surface area contributed by atoms with Crippen molar-refractivity contribution in [2.45, 2.75) is 63.5 Å². The van der Waals surface area contributed by atoms with E-state index in [1.807, 2.05) is 28.5 Å². The van der Waals surface area contributed by atoms with E-state index in [9.17, 15) is 26.3 Å². The SMILES string of the molecule is CCOC(CCCN(CCCCc1cccs1)Cc1cccnc1)(C(F)(F)F)C(F)(F)F. The minimum atomic E-state index is -5.55. The molecule has 0 aromatic carbocycles. The summed E-state index contributed by atoms with van der Waals surface area (Å²) in [5.74, 6) is 0. The number of hydrogen-bond donors (Lipinski definition) is 0. The van der Waals surface area contributed by atoms with E-state index in [0.717, 1.165) is 31.7 Å². The maximum Gasteiger partial charge on any atom is 0.426 e. The summed E-state index contributed by atoms with van der Waals surface area (Å²) >= 11 is 1.66. The lowest BCUT2D eigenvalue weighted by Gasteiger charge is -2.37. The number of unbranched alkanes of at least 4 members (excludes halogenated alkanes) is 1. The molecule has 0 bridgehead atoms. The van der Waals surface area contributed by atoms with Gasteiger partial charge in [-0.05, 0) is 75.2 Å². The van der Waals surface area contributed by atoms with Crippen molar-refractivity contribution in [3.63, 3.8) is 0 Å². The molecule has 2 rings (SSSR count). The lowest BCUT2D eigenvalue weighted by molar-refractivity contribution is -0.382. The number of alkyl halides is 6. The molecule has 0 radical (unpaired) electrons. The highest BCUT2D eigenvalue weighted by atomic mass is 32.1. The maximum atomic E-state index is 13.4. The molecule has 0 spiro atoms. The fourth-order valence-corrected chi connectivity index (χ4v) is 4.34. The smallest absolute Gasteiger partial charge is 0.358 e. The van der Waals surface area contributed by atoms with Crippen LogP contribution in [0, 0.1) is 0 Å². The van der Waals surface area contributed by atoms with Crippen LogP contribution in [-0.2, 0) is 17.7 Å². The van der Waals surface area contributed by atoms with E-state index in [1.54, 1.807) is 29.8 Å². The van der Waals surface area contributed by atoms with Gasteiger partial charge in [0.05, 0.1) is 0 Å². The van der Waals surface area contributed by atoms with Crippen LogP contribution < -0.4 is 0 Å². The summed E-state index contributed by atoms with van der Waals surface area (Å²) in [6.45, 7) is 1.52. The monoisotopic (exact) mass is 482 g/mol. The highest BCUT2D eigenvalue weighted by molar-refractivity contribution is 7.09. The minimum Gasteiger partial charge on any atom is -0.358 e. The van der Waals surface area contributed by atoms with Gasteiger partial charge in [-0.15, -0.1) is 11.3 Å². The molecule has 0 saturated heterocycles. The van der Waals surface area contributed by atoms with Crippen LogP contribution in [0.15, 0.2) is 42.0 Å². The molecule has 0 atom stereocenters. The van der Waals surface area contributed by atoms with Gasteiger partial charge in [-0.2, -0.15) is 26.3 Å². The number of pyridine rings is 1. The fourth-order valence-electron chi connectivity index (χ4n) is 3.59. The van der Waals surface area contributed by atoms with Crippen LogP contribution in [0.2, 0.25) is 0 Å². The van der Waals surface area contributed by atoms with E-state index in [0.29, 0.717) is 13.1 Å². The van der Waals surface area contributed by atoms with Crippen molar-refractivity contribution in [1.29, 1.82) is 0 Å². The van der Waals surface area contributed by atoms with E-state index in [4.69, 9.17) is 0 Å². The number of aromatic nitrogens is 1. The first-order valence-corrected chi connectivity index (χ1v) is 11.4. The second-order valence-corrected chi connectivity index (χ2v) is 8.57. The zero-order valence-corrected chi connectivity index (χ0v) is 18.7. The Morgan fingerprint density at radius 1 is 0.969 bits per heavy atom. The Kier molecular flexibility index (Phi) is 9.97. The van der Waals surface area contributed by atoms with Crippen LogP contribution in [-0.4, -0.2) is 47.5 Å². The van der Waals surface area contributed by atoms with Gasteiger partial charge in [-0.25, -0.2) is 0 Å². The second kappa shape index (κ2) is 12.0. The third kappa shape index (κ3) is 7.45. The van der Waals surface area contributed by atoms with Crippen LogP contribution >= 0.6 is 11.3 Å². The Bertz CT molecular complexity index is 751. The summed E-state index contributed by atoms with van der Waals surface area (Å²) < 4.78 is 85.0. The number of thiophene rings is 1. The Hall–Kier alpha value is -1.65. The van der Waals surface area contributed by atoms with Crippen LogP contribution in [0.25, 0.3) is 0 Å². The van der Waals surface area contributed by atoms with Crippen molar-refractivity contribution in [2.75, 3.05) is 19.7 Å². The Morgan fingerprint density at radius 2 is 1.69 bits per heavy atom. The van der Waals surface area contributed by atoms with Crippen LogP contribution in [0.3, 0.4) is 0 Å². The third-order valence-electron chi connectivity index (χ3n) is 5.17. The molecule has 2 heterocycles. The van der Waals surface area contributed by atoms with Gasteiger partial charge >= 0.3 is 12.4 Å². The number of rotatable bonds is 13. The molecule has 32 heavy (non-hydrogen) atoms. The highest BCUT2D eigenvalue weighted by Gasteiger charge is 2.71. The standard InChI is InChI=1S/C22H28F6N2OS/c1-2-31-20(21(23,24)25,22(26,27)28)11-7-14-30(17-18-8-5-12-29-16-18)13-4-3-9-19-10-6-15-32-19/h5-6,8,10,12,15-16H,2-4,7,9,11,13-14,17H2,1H3. The minimum absolute atomic E-state index is 0.0921. The molecule has 0 amide bonds. The van der Waals surface area contributed by atoms with Crippen molar-refractivity contribution in [3.05, 3.63) is 52.5 Å². The van der Waals surface area contributed by atoms with Crippen molar-refractivity contribution < 1.29 is 31.1 Å².